The van der Waals surface area contributed by atoms with Crippen LogP contribution >= 0.6 is 0 Å². The zero-order valence-corrected chi connectivity index (χ0v) is 10.9. The molecule has 0 spiro atoms. The summed E-state index contributed by atoms with van der Waals surface area (Å²) < 4.78 is 10.8. The average Bonchev–Trinajstić information content (AvgIpc) is 2.75. The minimum absolute atomic E-state index is 0.644. The van der Waals surface area contributed by atoms with Gasteiger partial charge in [0.25, 0.3) is 0 Å². The molecule has 0 atom stereocenters. The van der Waals surface area contributed by atoms with E-state index in [2.05, 4.69) is 0 Å². The van der Waals surface area contributed by atoms with Crippen molar-refractivity contribution in [3.05, 3.63) is 41.9 Å². The first-order valence-electron chi connectivity index (χ1n) is 5.80. The molecule has 0 unspecified atom stereocenters. The SMILES string of the molecule is COc1cccc(N(C)Cc2ccc(C)o2)c1N. The van der Waals surface area contributed by atoms with Crippen LogP contribution in [0.25, 0.3) is 0 Å². The molecule has 2 N–H and O–H groups in total. The van der Waals surface area contributed by atoms with Gasteiger partial charge in [-0.15, -0.1) is 0 Å². The van der Waals surface area contributed by atoms with E-state index in [4.69, 9.17) is 14.9 Å². The van der Waals surface area contributed by atoms with E-state index in [0.29, 0.717) is 18.0 Å². The fourth-order valence-corrected chi connectivity index (χ4v) is 1.93. The van der Waals surface area contributed by atoms with Crippen molar-refractivity contribution in [2.75, 3.05) is 24.8 Å². The summed E-state index contributed by atoms with van der Waals surface area (Å²) in [6.45, 7) is 2.61. The van der Waals surface area contributed by atoms with Crippen LogP contribution in [0.15, 0.2) is 34.7 Å². The second kappa shape index (κ2) is 5.04. The highest BCUT2D eigenvalue weighted by molar-refractivity contribution is 5.73. The molecule has 0 fully saturated rings. The minimum atomic E-state index is 0.644. The molecule has 0 bridgehead atoms. The number of para-hydroxylation sites is 1. The van der Waals surface area contributed by atoms with Gasteiger partial charge >= 0.3 is 0 Å². The Hall–Kier alpha value is -2.10. The molecule has 1 heterocycles. The lowest BCUT2D eigenvalue weighted by molar-refractivity contribution is 0.417. The van der Waals surface area contributed by atoms with Gasteiger partial charge < -0.3 is 19.8 Å². The zero-order valence-electron chi connectivity index (χ0n) is 10.9. The molecule has 0 radical (unpaired) electrons. The summed E-state index contributed by atoms with van der Waals surface area (Å²) in [4.78, 5) is 2.04. The molecular weight excluding hydrogens is 228 g/mol. The molecule has 0 aliphatic rings. The first-order chi connectivity index (χ1) is 8.61. The van der Waals surface area contributed by atoms with Crippen molar-refractivity contribution in [3.8, 4) is 5.75 Å². The highest BCUT2D eigenvalue weighted by Gasteiger charge is 2.11. The Morgan fingerprint density at radius 1 is 1.28 bits per heavy atom. The number of ether oxygens (including phenoxy) is 1. The molecule has 0 amide bonds. The Bertz CT molecular complexity index is 534. The molecule has 1 aromatic carbocycles. The van der Waals surface area contributed by atoms with E-state index in [0.717, 1.165) is 17.2 Å². The smallest absolute Gasteiger partial charge is 0.143 e. The topological polar surface area (TPSA) is 51.6 Å². The number of furan rings is 1. The number of nitrogens with two attached hydrogens (primary N) is 1. The molecule has 2 aromatic rings. The summed E-state index contributed by atoms with van der Waals surface area (Å²) in [5.74, 6) is 2.52. The first kappa shape index (κ1) is 12.4. The average molecular weight is 246 g/mol. The summed E-state index contributed by atoms with van der Waals surface area (Å²) in [7, 11) is 3.59. The fraction of sp³-hybridized carbons (Fsp3) is 0.286. The van der Waals surface area contributed by atoms with E-state index < -0.39 is 0 Å². The quantitative estimate of drug-likeness (QED) is 0.843. The van der Waals surface area contributed by atoms with E-state index in [1.807, 2.05) is 49.2 Å². The van der Waals surface area contributed by atoms with Gasteiger partial charge in [0.05, 0.1) is 25.0 Å². The highest BCUT2D eigenvalue weighted by atomic mass is 16.5. The number of nitrogens with zero attached hydrogens (tertiary/aromatic N) is 1. The van der Waals surface area contributed by atoms with Gasteiger partial charge in [-0.25, -0.2) is 0 Å². The summed E-state index contributed by atoms with van der Waals surface area (Å²) in [5, 5.41) is 0. The summed E-state index contributed by atoms with van der Waals surface area (Å²) in [6, 6.07) is 9.67. The lowest BCUT2D eigenvalue weighted by Crippen LogP contribution is -2.17. The largest absolute Gasteiger partial charge is 0.495 e. The van der Waals surface area contributed by atoms with Crippen LogP contribution in [0.5, 0.6) is 5.75 Å². The molecule has 0 saturated carbocycles. The standard InChI is InChI=1S/C14H18N2O2/c1-10-7-8-11(18-10)9-16(2)12-5-4-6-13(17-3)14(12)15/h4-8H,9,15H2,1-3H3. The van der Waals surface area contributed by atoms with E-state index in [1.165, 1.54) is 0 Å². The third kappa shape index (κ3) is 2.42. The maximum absolute atomic E-state index is 6.06. The van der Waals surface area contributed by atoms with Gasteiger partial charge in [-0.2, -0.15) is 0 Å². The number of aryl methyl sites for hydroxylation is 1. The second-order valence-electron chi connectivity index (χ2n) is 4.26. The number of benzene rings is 1. The van der Waals surface area contributed by atoms with Crippen LogP contribution in [-0.2, 0) is 6.54 Å². The van der Waals surface area contributed by atoms with Crippen LogP contribution in [0.4, 0.5) is 11.4 Å². The van der Waals surface area contributed by atoms with Crippen molar-refractivity contribution in [3.63, 3.8) is 0 Å². The molecule has 96 valence electrons. The molecule has 0 aliphatic heterocycles. The third-order valence-corrected chi connectivity index (χ3v) is 2.86. The van der Waals surface area contributed by atoms with Crippen molar-refractivity contribution in [1.82, 2.24) is 0 Å². The maximum atomic E-state index is 6.06. The number of methoxy groups -OCH3 is 1. The number of hydrogen-bond donors (Lipinski definition) is 1. The van der Waals surface area contributed by atoms with Gasteiger partial charge in [0.15, 0.2) is 0 Å². The molecular formula is C14H18N2O2. The van der Waals surface area contributed by atoms with Gasteiger partial charge in [-0.05, 0) is 31.2 Å². The monoisotopic (exact) mass is 246 g/mol. The lowest BCUT2D eigenvalue weighted by Gasteiger charge is -2.21. The molecule has 0 aliphatic carbocycles. The normalized spacial score (nSPS) is 10.4. The number of nitrogen functional groups attached to an aromatic ring is 1. The predicted molar refractivity (Wildman–Crippen MR) is 73.0 cm³/mol. The van der Waals surface area contributed by atoms with Gasteiger partial charge in [-0.3, -0.25) is 0 Å². The molecule has 2 rings (SSSR count). The number of anilines is 2. The third-order valence-electron chi connectivity index (χ3n) is 2.86. The lowest BCUT2D eigenvalue weighted by atomic mass is 10.2. The summed E-state index contributed by atoms with van der Waals surface area (Å²) >= 11 is 0. The van der Waals surface area contributed by atoms with Gasteiger partial charge in [-0.1, -0.05) is 6.07 Å². The molecule has 0 saturated heterocycles. The van der Waals surface area contributed by atoms with E-state index in [9.17, 15) is 0 Å². The Kier molecular flexibility index (Phi) is 3.46. The van der Waals surface area contributed by atoms with Gasteiger partial charge in [0.1, 0.15) is 17.3 Å². The van der Waals surface area contributed by atoms with E-state index >= 15 is 0 Å². The van der Waals surface area contributed by atoms with Crippen LogP contribution in [0.2, 0.25) is 0 Å². The maximum Gasteiger partial charge on any atom is 0.143 e. The second-order valence-corrected chi connectivity index (χ2v) is 4.26. The predicted octanol–water partition coefficient (Wildman–Crippen LogP) is 2.82. The first-order valence-corrected chi connectivity index (χ1v) is 5.80. The summed E-state index contributed by atoms with van der Waals surface area (Å²) in [5.41, 5.74) is 7.63. The van der Waals surface area contributed by atoms with Crippen LogP contribution in [0, 0.1) is 6.92 Å². The van der Waals surface area contributed by atoms with Crippen molar-refractivity contribution in [1.29, 1.82) is 0 Å². The van der Waals surface area contributed by atoms with Crippen LogP contribution in [-0.4, -0.2) is 14.2 Å². The van der Waals surface area contributed by atoms with Crippen LogP contribution in [0.1, 0.15) is 11.5 Å². The Balaban J connectivity index is 2.21. The van der Waals surface area contributed by atoms with Crippen molar-refractivity contribution >= 4 is 11.4 Å². The van der Waals surface area contributed by atoms with E-state index in [1.54, 1.807) is 7.11 Å². The molecule has 4 nitrogen and oxygen atoms in total. The van der Waals surface area contributed by atoms with Crippen molar-refractivity contribution < 1.29 is 9.15 Å². The number of rotatable bonds is 4. The van der Waals surface area contributed by atoms with Crippen LogP contribution in [0.3, 0.4) is 0 Å². The summed E-state index contributed by atoms with van der Waals surface area (Å²) in [6.07, 6.45) is 0. The molecule has 18 heavy (non-hydrogen) atoms. The molecule has 4 heteroatoms. The van der Waals surface area contributed by atoms with Crippen molar-refractivity contribution in [2.45, 2.75) is 13.5 Å². The van der Waals surface area contributed by atoms with Crippen LogP contribution < -0.4 is 15.4 Å². The van der Waals surface area contributed by atoms with Gasteiger partial charge in [0, 0.05) is 7.05 Å². The Morgan fingerprint density at radius 3 is 2.67 bits per heavy atom. The zero-order chi connectivity index (χ0) is 13.1. The van der Waals surface area contributed by atoms with Crippen molar-refractivity contribution in [2.24, 2.45) is 0 Å². The molecule has 1 aromatic heterocycles. The van der Waals surface area contributed by atoms with E-state index in [-0.39, 0.29) is 0 Å². The Morgan fingerprint density at radius 2 is 2.06 bits per heavy atom. The Labute approximate surface area is 107 Å². The highest BCUT2D eigenvalue weighted by Crippen LogP contribution is 2.32. The minimum Gasteiger partial charge on any atom is -0.495 e. The van der Waals surface area contributed by atoms with Gasteiger partial charge in [0.2, 0.25) is 0 Å². The number of hydrogen-bond acceptors (Lipinski definition) is 4. The fourth-order valence-electron chi connectivity index (χ4n) is 1.93.